The Balaban J connectivity index is 0.00000220. The number of hydrogen-bond acceptors (Lipinski definition) is 4. The Morgan fingerprint density at radius 2 is 2.14 bits per heavy atom. The number of nitrogens with one attached hydrogen (secondary N) is 1. The van der Waals surface area contributed by atoms with Crippen LogP contribution in [0, 0.1) is 0 Å². The van der Waals surface area contributed by atoms with Gasteiger partial charge in [0.2, 0.25) is 5.91 Å². The van der Waals surface area contributed by atoms with E-state index < -0.39 is 0 Å². The van der Waals surface area contributed by atoms with Gasteiger partial charge < -0.3 is 15.0 Å². The van der Waals surface area contributed by atoms with Gasteiger partial charge in [-0.15, -0.1) is 24.2 Å². The van der Waals surface area contributed by atoms with Crippen LogP contribution >= 0.6 is 24.2 Å². The van der Waals surface area contributed by atoms with Gasteiger partial charge in [-0.3, -0.25) is 4.79 Å². The highest BCUT2D eigenvalue weighted by Gasteiger charge is 2.19. The Bertz CT molecular complexity index is 442. The molecular formula is C15H23ClN2O2S. The first kappa shape index (κ1) is 18.1. The van der Waals surface area contributed by atoms with Crippen LogP contribution in [0.2, 0.25) is 0 Å². The second-order valence-corrected chi connectivity index (χ2v) is 6.14. The highest BCUT2D eigenvalue weighted by molar-refractivity contribution is 7.99. The molecule has 0 bridgehead atoms. The maximum absolute atomic E-state index is 12.1. The number of carbonyl (C=O) groups is 1. The maximum Gasteiger partial charge on any atom is 0.223 e. The molecule has 6 heteroatoms. The van der Waals surface area contributed by atoms with Crippen LogP contribution in [-0.2, 0) is 4.79 Å². The minimum atomic E-state index is 0. The van der Waals surface area contributed by atoms with Gasteiger partial charge in [-0.1, -0.05) is 0 Å². The molecule has 1 amide bonds. The number of carbonyl (C=O) groups excluding carboxylic acids is 1. The maximum atomic E-state index is 12.1. The molecule has 2 rings (SSSR count). The van der Waals surface area contributed by atoms with Crippen LogP contribution in [-0.4, -0.2) is 49.3 Å². The van der Waals surface area contributed by atoms with E-state index in [0.717, 1.165) is 31.1 Å². The Morgan fingerprint density at radius 3 is 2.76 bits per heavy atom. The fourth-order valence-electron chi connectivity index (χ4n) is 2.25. The lowest BCUT2D eigenvalue weighted by atomic mass is 10.2. The number of halogens is 1. The van der Waals surface area contributed by atoms with Crippen molar-refractivity contribution in [3.05, 3.63) is 24.3 Å². The average molecular weight is 331 g/mol. The van der Waals surface area contributed by atoms with Gasteiger partial charge in [0.25, 0.3) is 0 Å². The zero-order valence-electron chi connectivity index (χ0n) is 12.5. The molecule has 0 aliphatic carbocycles. The molecule has 1 aliphatic heterocycles. The third-order valence-corrected chi connectivity index (χ3v) is 4.38. The van der Waals surface area contributed by atoms with Crippen LogP contribution < -0.4 is 10.1 Å². The summed E-state index contributed by atoms with van der Waals surface area (Å²) in [6, 6.07) is 8.35. The molecule has 0 radical (unpaired) electrons. The number of rotatable bonds is 5. The first-order valence-electron chi connectivity index (χ1n) is 6.97. The molecule has 1 aromatic rings. The average Bonchev–Trinajstić information content (AvgIpc) is 2.48. The van der Waals surface area contributed by atoms with Crippen LogP contribution in [0.25, 0.3) is 0 Å². The SMILES string of the molecule is COc1ccc(SCCC(=O)N2CCNC(C)C2)cc1.Cl. The number of methoxy groups -OCH3 is 1. The molecule has 1 saturated heterocycles. The van der Waals surface area contributed by atoms with Crippen LogP contribution in [0.3, 0.4) is 0 Å². The van der Waals surface area contributed by atoms with E-state index in [4.69, 9.17) is 4.74 Å². The van der Waals surface area contributed by atoms with Crippen molar-refractivity contribution >= 4 is 30.1 Å². The highest BCUT2D eigenvalue weighted by Crippen LogP contribution is 2.22. The Kier molecular flexibility index (Phi) is 7.93. The molecule has 0 saturated carbocycles. The predicted molar refractivity (Wildman–Crippen MR) is 89.6 cm³/mol. The molecule has 21 heavy (non-hydrogen) atoms. The summed E-state index contributed by atoms with van der Waals surface area (Å²) in [5.41, 5.74) is 0. The smallest absolute Gasteiger partial charge is 0.223 e. The summed E-state index contributed by atoms with van der Waals surface area (Å²) in [6.45, 7) is 4.67. The lowest BCUT2D eigenvalue weighted by molar-refractivity contribution is -0.131. The van der Waals surface area contributed by atoms with Crippen molar-refractivity contribution in [2.75, 3.05) is 32.5 Å². The van der Waals surface area contributed by atoms with Crippen molar-refractivity contribution in [1.29, 1.82) is 0 Å². The molecule has 1 aliphatic rings. The van der Waals surface area contributed by atoms with Crippen molar-refractivity contribution in [3.63, 3.8) is 0 Å². The molecule has 1 atom stereocenters. The summed E-state index contributed by atoms with van der Waals surface area (Å²) in [5.74, 6) is 1.95. The van der Waals surface area contributed by atoms with Gasteiger partial charge in [-0.05, 0) is 31.2 Å². The second-order valence-electron chi connectivity index (χ2n) is 4.97. The molecule has 1 heterocycles. The van der Waals surface area contributed by atoms with Crippen LogP contribution in [0.4, 0.5) is 0 Å². The van der Waals surface area contributed by atoms with E-state index in [1.807, 2.05) is 29.2 Å². The summed E-state index contributed by atoms with van der Waals surface area (Å²) in [7, 11) is 1.66. The molecular weight excluding hydrogens is 308 g/mol. The van der Waals surface area contributed by atoms with Crippen LogP contribution in [0.5, 0.6) is 5.75 Å². The quantitative estimate of drug-likeness (QED) is 0.842. The molecule has 4 nitrogen and oxygen atoms in total. The molecule has 0 spiro atoms. The van der Waals surface area contributed by atoms with E-state index in [0.29, 0.717) is 12.5 Å². The third-order valence-electron chi connectivity index (χ3n) is 3.37. The number of thioether (sulfide) groups is 1. The van der Waals surface area contributed by atoms with Crippen LogP contribution in [0.15, 0.2) is 29.2 Å². The number of hydrogen-bond donors (Lipinski definition) is 1. The second kappa shape index (κ2) is 9.18. The molecule has 1 fully saturated rings. The summed E-state index contributed by atoms with van der Waals surface area (Å²) < 4.78 is 5.13. The summed E-state index contributed by atoms with van der Waals surface area (Å²) >= 11 is 1.71. The minimum absolute atomic E-state index is 0. The largest absolute Gasteiger partial charge is 0.497 e. The monoisotopic (exact) mass is 330 g/mol. The zero-order valence-corrected chi connectivity index (χ0v) is 14.1. The number of benzene rings is 1. The van der Waals surface area contributed by atoms with E-state index in [2.05, 4.69) is 12.2 Å². The van der Waals surface area contributed by atoms with Crippen molar-refractivity contribution < 1.29 is 9.53 Å². The predicted octanol–water partition coefficient (Wildman–Crippen LogP) is 2.42. The normalized spacial score (nSPS) is 18.0. The summed E-state index contributed by atoms with van der Waals surface area (Å²) in [6.07, 6.45) is 0.601. The van der Waals surface area contributed by atoms with Gasteiger partial charge in [-0.25, -0.2) is 0 Å². The molecule has 1 N–H and O–H groups in total. The van der Waals surface area contributed by atoms with Gasteiger partial charge in [0.15, 0.2) is 0 Å². The number of nitrogens with zero attached hydrogens (tertiary/aromatic N) is 1. The van der Waals surface area contributed by atoms with E-state index >= 15 is 0 Å². The van der Waals surface area contributed by atoms with Gasteiger partial charge in [0.1, 0.15) is 5.75 Å². The number of ether oxygens (including phenoxy) is 1. The zero-order chi connectivity index (χ0) is 14.4. The van der Waals surface area contributed by atoms with Gasteiger partial charge >= 0.3 is 0 Å². The molecule has 118 valence electrons. The van der Waals surface area contributed by atoms with E-state index in [-0.39, 0.29) is 18.3 Å². The van der Waals surface area contributed by atoms with Crippen molar-refractivity contribution in [2.24, 2.45) is 0 Å². The Morgan fingerprint density at radius 1 is 1.43 bits per heavy atom. The third kappa shape index (κ3) is 5.77. The van der Waals surface area contributed by atoms with Gasteiger partial charge in [0, 0.05) is 42.7 Å². The molecule has 1 aromatic carbocycles. The van der Waals surface area contributed by atoms with Gasteiger partial charge in [-0.2, -0.15) is 0 Å². The number of amides is 1. The van der Waals surface area contributed by atoms with Crippen molar-refractivity contribution in [2.45, 2.75) is 24.3 Å². The fourth-order valence-corrected chi connectivity index (χ4v) is 3.09. The van der Waals surface area contributed by atoms with Crippen LogP contribution in [0.1, 0.15) is 13.3 Å². The molecule has 0 aromatic heterocycles. The van der Waals surface area contributed by atoms with E-state index in [1.165, 1.54) is 4.90 Å². The lowest BCUT2D eigenvalue weighted by Gasteiger charge is -2.31. The van der Waals surface area contributed by atoms with Crippen molar-refractivity contribution in [3.8, 4) is 5.75 Å². The number of piperazine rings is 1. The van der Waals surface area contributed by atoms with Crippen molar-refractivity contribution in [1.82, 2.24) is 10.2 Å². The molecule has 1 unspecified atom stereocenters. The first-order chi connectivity index (χ1) is 9.69. The minimum Gasteiger partial charge on any atom is -0.497 e. The topological polar surface area (TPSA) is 41.6 Å². The van der Waals surface area contributed by atoms with E-state index in [1.54, 1.807) is 18.9 Å². The lowest BCUT2D eigenvalue weighted by Crippen LogP contribution is -2.51. The first-order valence-corrected chi connectivity index (χ1v) is 7.95. The Labute approximate surface area is 137 Å². The van der Waals surface area contributed by atoms with E-state index in [9.17, 15) is 4.79 Å². The van der Waals surface area contributed by atoms with Gasteiger partial charge in [0.05, 0.1) is 7.11 Å². The summed E-state index contributed by atoms with van der Waals surface area (Å²) in [4.78, 5) is 15.2. The Hall–Kier alpha value is -0.910. The highest BCUT2D eigenvalue weighted by atomic mass is 35.5. The fraction of sp³-hybridized carbons (Fsp3) is 0.533. The summed E-state index contributed by atoms with van der Waals surface area (Å²) in [5, 5.41) is 3.35. The standard InChI is InChI=1S/C15H22N2O2S.ClH/c1-12-11-17(9-8-16-12)15(18)7-10-20-14-5-3-13(19-2)4-6-14;/h3-6,12,16H,7-11H2,1-2H3;1H.